The Morgan fingerprint density at radius 2 is 1.22 bits per heavy atom. The highest BCUT2D eigenvalue weighted by molar-refractivity contribution is 5.09. The van der Waals surface area contributed by atoms with Crippen molar-refractivity contribution in [2.45, 2.75) is 151 Å². The molecule has 6 fully saturated rings. The third kappa shape index (κ3) is 5.53. The van der Waals surface area contributed by atoms with Crippen LogP contribution in [0.3, 0.4) is 0 Å². The van der Waals surface area contributed by atoms with E-state index in [9.17, 15) is 0 Å². The molecule has 0 bridgehead atoms. The van der Waals surface area contributed by atoms with Gasteiger partial charge in [0.1, 0.15) is 0 Å². The summed E-state index contributed by atoms with van der Waals surface area (Å²) < 4.78 is 0. The second-order valence-corrected chi connectivity index (χ2v) is 16.5. The monoisotopic (exact) mass is 511 g/mol. The third-order valence-electron chi connectivity index (χ3n) is 14.2. The maximum Gasteiger partial charge on any atom is -0.0264 e. The lowest BCUT2D eigenvalue weighted by molar-refractivity contribution is -0.119. The molecule has 0 radical (unpaired) electrons. The molecule has 6 aliphatic carbocycles. The molecule has 0 aromatic heterocycles. The van der Waals surface area contributed by atoms with Gasteiger partial charge in [0.05, 0.1) is 0 Å². The van der Waals surface area contributed by atoms with Gasteiger partial charge in [-0.25, -0.2) is 0 Å². The quantitative estimate of drug-likeness (QED) is 0.308. The van der Waals surface area contributed by atoms with Crippen molar-refractivity contribution >= 4 is 0 Å². The first kappa shape index (κ1) is 29.7. The minimum Gasteiger partial charge on any atom is -0.106 e. The summed E-state index contributed by atoms with van der Waals surface area (Å²) in [5.74, 6) is 9.25. The highest BCUT2D eigenvalue weighted by Crippen LogP contribution is 2.68. The zero-order valence-electron chi connectivity index (χ0n) is 26.4. The number of hydrogen-bond acceptors (Lipinski definition) is 0. The normalized spacial score (nSPS) is 50.7. The third-order valence-corrected chi connectivity index (χ3v) is 14.2. The molecule has 214 valence electrons. The maximum atomic E-state index is 3.00. The summed E-state index contributed by atoms with van der Waals surface area (Å²) in [7, 11) is 0. The van der Waals surface area contributed by atoms with Gasteiger partial charge in [-0.05, 0) is 147 Å². The molecule has 0 aromatic rings. The van der Waals surface area contributed by atoms with E-state index in [1.54, 1.807) is 32.1 Å². The molecular weight excluding hydrogens is 444 g/mol. The Kier molecular flexibility index (Phi) is 9.39. The van der Waals surface area contributed by atoms with Gasteiger partial charge >= 0.3 is 0 Å². The molecule has 0 heterocycles. The zero-order valence-corrected chi connectivity index (χ0v) is 26.4. The lowest BCUT2D eigenvalue weighted by atomic mass is 9.44. The molecule has 6 saturated carbocycles. The van der Waals surface area contributed by atoms with Gasteiger partial charge in [-0.2, -0.15) is 0 Å². The molecule has 6 aliphatic rings. The Hall–Kier alpha value is -0.260. The Morgan fingerprint density at radius 3 is 1.92 bits per heavy atom. The summed E-state index contributed by atoms with van der Waals surface area (Å²) in [6.07, 6.45) is 24.5. The number of hydrogen-bond donors (Lipinski definition) is 0. The standard InChI is InChI=1S/C23H40.C12H22.C2H4/c1-15(2)19-8-9-20-18-7-6-17-14-16(3)10-12-22(17,4)21(18)11-13-23(19,20)5;1-10-6-8-12(2)7-4-3-5-11(12)9-10;1-2/h15-21H,6-14H2,1-5H3;10-11H,3-9H2,1-2H3;1-2H2. The van der Waals surface area contributed by atoms with Crippen LogP contribution in [0.2, 0.25) is 0 Å². The summed E-state index contributed by atoms with van der Waals surface area (Å²) in [5.41, 5.74) is 2.14. The number of rotatable bonds is 1. The van der Waals surface area contributed by atoms with Crippen LogP contribution in [0.5, 0.6) is 0 Å². The smallest absolute Gasteiger partial charge is 0.0264 e. The molecule has 0 amide bonds. The highest BCUT2D eigenvalue weighted by Gasteiger charge is 2.60. The zero-order chi connectivity index (χ0) is 27.0. The van der Waals surface area contributed by atoms with Crippen molar-refractivity contribution in [2.75, 3.05) is 0 Å². The van der Waals surface area contributed by atoms with E-state index in [-0.39, 0.29) is 0 Å². The molecule has 0 N–H and O–H groups in total. The van der Waals surface area contributed by atoms with Crippen LogP contribution in [-0.4, -0.2) is 0 Å². The SMILES string of the molecule is C=C.CC1CCC2(C)C(CCC3C2CCC2(C)C(C(C)C)CCC32)C1.CC1CCC2(C)CCCCC2C1. The van der Waals surface area contributed by atoms with E-state index in [2.05, 4.69) is 61.6 Å². The van der Waals surface area contributed by atoms with Gasteiger partial charge in [0.25, 0.3) is 0 Å². The maximum absolute atomic E-state index is 3.00. The van der Waals surface area contributed by atoms with Crippen molar-refractivity contribution in [1.82, 2.24) is 0 Å². The first-order valence-corrected chi connectivity index (χ1v) is 17.1. The van der Waals surface area contributed by atoms with E-state index in [0.29, 0.717) is 10.8 Å². The van der Waals surface area contributed by atoms with Gasteiger partial charge in [-0.1, -0.05) is 74.1 Å². The Balaban J connectivity index is 0.000000192. The van der Waals surface area contributed by atoms with Crippen LogP contribution in [0.1, 0.15) is 151 Å². The first-order valence-electron chi connectivity index (χ1n) is 17.1. The van der Waals surface area contributed by atoms with Crippen LogP contribution in [0.4, 0.5) is 0 Å². The summed E-state index contributed by atoms with van der Waals surface area (Å²) in [4.78, 5) is 0. The van der Waals surface area contributed by atoms with Crippen LogP contribution in [-0.2, 0) is 0 Å². The van der Waals surface area contributed by atoms with Crippen LogP contribution in [0.15, 0.2) is 13.2 Å². The summed E-state index contributed by atoms with van der Waals surface area (Å²) in [6, 6.07) is 0. The van der Waals surface area contributed by atoms with Gasteiger partial charge in [-0.15, -0.1) is 13.2 Å². The Morgan fingerprint density at radius 1 is 0.595 bits per heavy atom. The Bertz CT molecular complexity index is 736. The van der Waals surface area contributed by atoms with Crippen molar-refractivity contribution in [1.29, 1.82) is 0 Å². The lowest BCUT2D eigenvalue weighted by Crippen LogP contribution is -2.53. The van der Waals surface area contributed by atoms with E-state index in [0.717, 1.165) is 58.7 Å². The van der Waals surface area contributed by atoms with Gasteiger partial charge in [0.2, 0.25) is 0 Å². The fraction of sp³-hybridized carbons (Fsp3) is 0.946. The molecule has 6 rings (SSSR count). The average Bonchev–Trinajstić information content (AvgIpc) is 3.24. The molecular formula is C37H66. The molecule has 0 saturated heterocycles. The minimum absolute atomic E-state index is 0.681. The topological polar surface area (TPSA) is 0 Å². The molecule has 0 aliphatic heterocycles. The minimum atomic E-state index is 0.681. The van der Waals surface area contributed by atoms with Gasteiger partial charge in [-0.3, -0.25) is 0 Å². The van der Waals surface area contributed by atoms with E-state index in [1.165, 1.54) is 70.6 Å². The molecule has 0 heteroatoms. The molecule has 0 aromatic carbocycles. The molecule has 11 atom stereocenters. The van der Waals surface area contributed by atoms with Gasteiger partial charge in [0, 0.05) is 0 Å². The molecule has 11 unspecified atom stereocenters. The second-order valence-electron chi connectivity index (χ2n) is 16.5. The van der Waals surface area contributed by atoms with Crippen molar-refractivity contribution in [3.8, 4) is 0 Å². The van der Waals surface area contributed by atoms with E-state index < -0.39 is 0 Å². The van der Waals surface area contributed by atoms with Crippen LogP contribution in [0, 0.1) is 69.5 Å². The largest absolute Gasteiger partial charge is 0.106 e. The summed E-state index contributed by atoms with van der Waals surface area (Å²) >= 11 is 0. The Labute approximate surface area is 233 Å². The van der Waals surface area contributed by atoms with Crippen molar-refractivity contribution < 1.29 is 0 Å². The molecule has 0 nitrogen and oxygen atoms in total. The van der Waals surface area contributed by atoms with E-state index in [4.69, 9.17) is 0 Å². The van der Waals surface area contributed by atoms with E-state index >= 15 is 0 Å². The summed E-state index contributed by atoms with van der Waals surface area (Å²) in [6.45, 7) is 23.9. The van der Waals surface area contributed by atoms with Crippen molar-refractivity contribution in [3.05, 3.63) is 13.2 Å². The van der Waals surface area contributed by atoms with Crippen LogP contribution in [0.25, 0.3) is 0 Å². The predicted molar refractivity (Wildman–Crippen MR) is 164 cm³/mol. The van der Waals surface area contributed by atoms with Crippen LogP contribution >= 0.6 is 0 Å². The predicted octanol–water partition coefficient (Wildman–Crippen LogP) is 11.7. The molecule has 0 spiro atoms. The summed E-state index contributed by atoms with van der Waals surface area (Å²) in [5, 5.41) is 0. The van der Waals surface area contributed by atoms with Crippen molar-refractivity contribution in [3.63, 3.8) is 0 Å². The van der Waals surface area contributed by atoms with E-state index in [1.807, 2.05) is 0 Å². The van der Waals surface area contributed by atoms with Gasteiger partial charge < -0.3 is 0 Å². The first-order chi connectivity index (χ1) is 17.6. The number of fused-ring (bicyclic) bond motifs is 6. The lowest BCUT2D eigenvalue weighted by Gasteiger charge is -2.61. The van der Waals surface area contributed by atoms with Crippen molar-refractivity contribution in [2.24, 2.45) is 69.5 Å². The fourth-order valence-corrected chi connectivity index (χ4v) is 12.0. The fourth-order valence-electron chi connectivity index (χ4n) is 12.0. The second kappa shape index (κ2) is 11.7. The highest BCUT2D eigenvalue weighted by atomic mass is 14.6. The van der Waals surface area contributed by atoms with Gasteiger partial charge in [0.15, 0.2) is 0 Å². The molecule has 37 heavy (non-hydrogen) atoms. The van der Waals surface area contributed by atoms with Crippen LogP contribution < -0.4 is 0 Å². The average molecular weight is 511 g/mol.